The van der Waals surface area contributed by atoms with Gasteiger partial charge in [-0.25, -0.2) is 4.79 Å². The fraction of sp³-hybridized carbons (Fsp3) is 0.400. The highest BCUT2D eigenvalue weighted by Crippen LogP contribution is 2.34. The molecule has 0 aliphatic carbocycles. The molecule has 42 heavy (non-hydrogen) atoms. The predicted molar refractivity (Wildman–Crippen MR) is 159 cm³/mol. The van der Waals surface area contributed by atoms with E-state index in [1.54, 1.807) is 28.0 Å². The average molecular weight is 613 g/mol. The second-order valence-electron chi connectivity index (χ2n) is 11.1. The number of likely N-dealkylation sites (tertiary alicyclic amines) is 2. The molecule has 0 unspecified atom stereocenters. The number of hydrogen-bond donors (Lipinski definition) is 3. The van der Waals surface area contributed by atoms with Crippen molar-refractivity contribution in [2.24, 2.45) is 0 Å². The number of carbonyl (C=O) groups is 4. The van der Waals surface area contributed by atoms with Crippen molar-refractivity contribution in [2.75, 3.05) is 18.4 Å². The summed E-state index contributed by atoms with van der Waals surface area (Å²) in [4.78, 5) is 61.3. The maximum atomic E-state index is 14.3. The first kappa shape index (κ1) is 28.4. The van der Waals surface area contributed by atoms with Crippen LogP contribution in [0.3, 0.4) is 0 Å². The van der Waals surface area contributed by atoms with E-state index < -0.39 is 24.1 Å². The normalized spacial score (nSPS) is 22.0. The third-order valence-electron chi connectivity index (χ3n) is 8.61. The fourth-order valence-corrected chi connectivity index (χ4v) is 6.92. The predicted octanol–water partition coefficient (Wildman–Crippen LogP) is 4.89. The lowest BCUT2D eigenvalue weighted by Gasteiger charge is -2.38. The first-order chi connectivity index (χ1) is 20.2. The summed E-state index contributed by atoms with van der Waals surface area (Å²) < 4.78 is 0. The molecule has 0 radical (unpaired) electrons. The smallest absolute Gasteiger partial charge is 0.322 e. The second-order valence-corrected chi connectivity index (χ2v) is 12.0. The SMILES string of the molecule is O=C(O)C[C@@H]1CCCN1C(=O)[C@@H]1CCCN1C(=O)[C@H]1Cc2c([nH]c3ccccc23)CN1C(=O)Nc1ccc(Cl)c(Cl)c1. The minimum Gasteiger partial charge on any atom is -0.481 e. The van der Waals surface area contributed by atoms with Crippen LogP contribution in [-0.2, 0) is 27.3 Å². The number of H-pyrrole nitrogens is 1. The second kappa shape index (κ2) is 11.5. The number of aromatic amines is 1. The van der Waals surface area contributed by atoms with Crippen LogP contribution in [0.1, 0.15) is 43.4 Å². The lowest BCUT2D eigenvalue weighted by Crippen LogP contribution is -2.58. The van der Waals surface area contributed by atoms with E-state index in [1.807, 2.05) is 24.3 Å². The Morgan fingerprint density at radius 2 is 1.64 bits per heavy atom. The number of rotatable bonds is 5. The molecule has 2 saturated heterocycles. The van der Waals surface area contributed by atoms with Crippen molar-refractivity contribution < 1.29 is 24.3 Å². The summed E-state index contributed by atoms with van der Waals surface area (Å²) in [6, 6.07) is 10.2. The van der Waals surface area contributed by atoms with Gasteiger partial charge in [0.05, 0.1) is 23.0 Å². The van der Waals surface area contributed by atoms with E-state index >= 15 is 0 Å². The first-order valence-corrected chi connectivity index (χ1v) is 14.9. The van der Waals surface area contributed by atoms with Crippen molar-refractivity contribution in [1.82, 2.24) is 19.7 Å². The van der Waals surface area contributed by atoms with Gasteiger partial charge in [-0.3, -0.25) is 14.4 Å². The van der Waals surface area contributed by atoms with Crippen molar-refractivity contribution in [1.29, 1.82) is 0 Å². The maximum Gasteiger partial charge on any atom is 0.322 e. The van der Waals surface area contributed by atoms with Crippen LogP contribution in [0.2, 0.25) is 10.0 Å². The summed E-state index contributed by atoms with van der Waals surface area (Å²) in [5.74, 6) is -1.44. The van der Waals surface area contributed by atoms with E-state index in [-0.39, 0.29) is 37.2 Å². The van der Waals surface area contributed by atoms with Crippen LogP contribution in [0.15, 0.2) is 42.5 Å². The van der Waals surface area contributed by atoms with Gasteiger partial charge in [0.1, 0.15) is 12.1 Å². The number of carboxylic acid groups (broad SMARTS) is 1. The van der Waals surface area contributed by atoms with E-state index in [0.717, 1.165) is 28.6 Å². The molecular formula is C30H31Cl2N5O5. The Balaban J connectivity index is 1.29. The molecule has 4 amide bonds. The number of anilines is 1. The van der Waals surface area contributed by atoms with Gasteiger partial charge in [0.15, 0.2) is 0 Å². The average Bonchev–Trinajstić information content (AvgIpc) is 3.72. The van der Waals surface area contributed by atoms with Crippen molar-refractivity contribution in [3.05, 3.63) is 63.8 Å². The summed E-state index contributed by atoms with van der Waals surface area (Å²) >= 11 is 12.2. The Hall–Kier alpha value is -3.76. The standard InChI is InChI=1S/C30H31Cl2N5O5/c31-21-10-9-17(13-22(21)32)33-30(42)37-16-24-20(19-6-1-2-7-23(19)34-24)15-26(37)29(41)36-12-4-8-25(36)28(40)35-11-3-5-18(35)14-27(38)39/h1-2,6-7,9-10,13,18,25-26,34H,3-5,8,11-12,14-16H2,(H,33,42)(H,38,39)/t18-,25-,26+/m0/s1. The van der Waals surface area contributed by atoms with Crippen LogP contribution in [0.25, 0.3) is 10.9 Å². The number of carboxylic acids is 1. The number of para-hydroxylation sites is 1. The molecule has 0 bridgehead atoms. The molecule has 2 fully saturated rings. The number of amides is 4. The van der Waals surface area contributed by atoms with E-state index in [1.165, 1.54) is 4.90 Å². The van der Waals surface area contributed by atoms with Crippen LogP contribution in [-0.4, -0.2) is 79.8 Å². The Morgan fingerprint density at radius 1 is 0.905 bits per heavy atom. The number of benzene rings is 2. The van der Waals surface area contributed by atoms with Gasteiger partial charge in [0, 0.05) is 47.8 Å². The number of hydrogen-bond acceptors (Lipinski definition) is 4. The van der Waals surface area contributed by atoms with Gasteiger partial charge in [-0.1, -0.05) is 41.4 Å². The molecule has 6 rings (SSSR count). The number of fused-ring (bicyclic) bond motifs is 3. The molecule has 3 atom stereocenters. The number of aromatic nitrogens is 1. The number of urea groups is 1. The van der Waals surface area contributed by atoms with Crippen LogP contribution < -0.4 is 5.32 Å². The zero-order valence-corrected chi connectivity index (χ0v) is 24.3. The molecule has 3 aromatic rings. The Morgan fingerprint density at radius 3 is 2.43 bits per heavy atom. The minimum absolute atomic E-state index is 0.110. The lowest BCUT2D eigenvalue weighted by atomic mass is 9.95. The molecule has 3 aliphatic rings. The summed E-state index contributed by atoms with van der Waals surface area (Å²) in [5.41, 5.74) is 3.20. The van der Waals surface area contributed by atoms with Gasteiger partial charge < -0.3 is 30.1 Å². The number of aliphatic carboxylic acids is 1. The Labute approximate surface area is 252 Å². The summed E-state index contributed by atoms with van der Waals surface area (Å²) in [6.07, 6.45) is 2.70. The molecule has 3 N–H and O–H groups in total. The van der Waals surface area contributed by atoms with Crippen LogP contribution in [0.4, 0.5) is 10.5 Å². The molecule has 3 aliphatic heterocycles. The number of nitrogens with one attached hydrogen (secondary N) is 2. The lowest BCUT2D eigenvalue weighted by molar-refractivity contribution is -0.148. The summed E-state index contributed by atoms with van der Waals surface area (Å²) in [7, 11) is 0. The highest BCUT2D eigenvalue weighted by Gasteiger charge is 2.45. The molecular weight excluding hydrogens is 581 g/mol. The molecule has 2 aromatic carbocycles. The summed E-state index contributed by atoms with van der Waals surface area (Å²) in [5, 5.41) is 13.8. The first-order valence-electron chi connectivity index (χ1n) is 14.1. The molecule has 10 nitrogen and oxygen atoms in total. The number of carbonyl (C=O) groups excluding carboxylic acids is 3. The van der Waals surface area contributed by atoms with Gasteiger partial charge in [0.25, 0.3) is 0 Å². The highest BCUT2D eigenvalue weighted by molar-refractivity contribution is 6.42. The third-order valence-corrected chi connectivity index (χ3v) is 9.35. The molecule has 4 heterocycles. The topological polar surface area (TPSA) is 126 Å². The van der Waals surface area contributed by atoms with Crippen LogP contribution in [0.5, 0.6) is 0 Å². The monoisotopic (exact) mass is 611 g/mol. The number of nitrogens with zero attached hydrogens (tertiary/aromatic N) is 3. The third kappa shape index (κ3) is 5.29. The van der Waals surface area contributed by atoms with Gasteiger partial charge in [-0.15, -0.1) is 0 Å². The van der Waals surface area contributed by atoms with Gasteiger partial charge in [0.2, 0.25) is 11.8 Å². The van der Waals surface area contributed by atoms with Crippen LogP contribution in [0, 0.1) is 0 Å². The van der Waals surface area contributed by atoms with Crippen LogP contribution >= 0.6 is 23.2 Å². The zero-order valence-electron chi connectivity index (χ0n) is 22.8. The largest absolute Gasteiger partial charge is 0.481 e. The van der Waals surface area contributed by atoms with Gasteiger partial charge >= 0.3 is 12.0 Å². The molecule has 0 spiro atoms. The fourth-order valence-electron chi connectivity index (χ4n) is 6.62. The van der Waals surface area contributed by atoms with Gasteiger partial charge in [-0.2, -0.15) is 0 Å². The molecule has 220 valence electrons. The zero-order chi connectivity index (χ0) is 29.5. The maximum absolute atomic E-state index is 14.3. The minimum atomic E-state index is -0.945. The van der Waals surface area contributed by atoms with Gasteiger partial charge in [-0.05, 0) is 55.5 Å². The van der Waals surface area contributed by atoms with Crippen molar-refractivity contribution >= 4 is 63.6 Å². The van der Waals surface area contributed by atoms with E-state index in [9.17, 15) is 24.3 Å². The van der Waals surface area contributed by atoms with E-state index in [2.05, 4.69) is 10.3 Å². The summed E-state index contributed by atoms with van der Waals surface area (Å²) in [6.45, 7) is 1.05. The Kier molecular flexibility index (Phi) is 7.76. The molecule has 1 aromatic heterocycles. The molecule has 0 saturated carbocycles. The van der Waals surface area contributed by atoms with E-state index in [0.29, 0.717) is 48.1 Å². The van der Waals surface area contributed by atoms with Crippen molar-refractivity contribution in [3.63, 3.8) is 0 Å². The number of halogens is 2. The quantitative estimate of drug-likeness (QED) is 0.379. The highest BCUT2D eigenvalue weighted by atomic mass is 35.5. The molecule has 12 heteroatoms. The van der Waals surface area contributed by atoms with Crippen molar-refractivity contribution in [3.8, 4) is 0 Å². The Bertz CT molecular complexity index is 1570. The van der Waals surface area contributed by atoms with Crippen molar-refractivity contribution in [2.45, 2.75) is 63.2 Å². The van der Waals surface area contributed by atoms with E-state index in [4.69, 9.17) is 23.2 Å².